The van der Waals surface area contributed by atoms with Crippen LogP contribution in [0, 0.1) is 6.92 Å². The minimum atomic E-state index is -0.792. The van der Waals surface area contributed by atoms with E-state index in [2.05, 4.69) is 19.1 Å². The Morgan fingerprint density at radius 2 is 1.78 bits per heavy atom. The highest BCUT2D eigenvalue weighted by atomic mass is 16.7. The lowest BCUT2D eigenvalue weighted by molar-refractivity contribution is -0.136. The molecule has 1 unspecified atom stereocenters. The van der Waals surface area contributed by atoms with Gasteiger partial charge >= 0.3 is 0 Å². The van der Waals surface area contributed by atoms with Gasteiger partial charge in [0.1, 0.15) is 5.75 Å². The molecule has 126 valence electrons. The predicted octanol–water partition coefficient (Wildman–Crippen LogP) is 3.44. The van der Waals surface area contributed by atoms with E-state index in [0.29, 0.717) is 0 Å². The molecule has 1 aromatic carbocycles. The normalized spacial score (nSPS) is 19.5. The predicted molar refractivity (Wildman–Crippen MR) is 90.8 cm³/mol. The number of benzene rings is 1. The third-order valence-electron chi connectivity index (χ3n) is 4.38. The molecule has 23 heavy (non-hydrogen) atoms. The molecular weight excluding hydrogens is 292 g/mol. The standard InChI is InChI=1S/C19H26O4/c1-14-12-17(20-2)9-8-15(14)6-7-16-13-19(22-4,23-5)11-10-18(16)21-3/h8-13,18H,6-7H2,1-5H3. The summed E-state index contributed by atoms with van der Waals surface area (Å²) < 4.78 is 21.8. The van der Waals surface area contributed by atoms with Crippen LogP contribution in [-0.2, 0) is 20.6 Å². The molecule has 0 spiro atoms. The minimum absolute atomic E-state index is 0.0352. The first-order valence-electron chi connectivity index (χ1n) is 7.75. The molecule has 0 bridgehead atoms. The van der Waals surface area contributed by atoms with Gasteiger partial charge in [0.05, 0.1) is 13.2 Å². The van der Waals surface area contributed by atoms with Crippen LogP contribution < -0.4 is 4.74 Å². The van der Waals surface area contributed by atoms with E-state index >= 15 is 0 Å². The maximum absolute atomic E-state index is 5.56. The van der Waals surface area contributed by atoms with Gasteiger partial charge in [0.15, 0.2) is 0 Å². The monoisotopic (exact) mass is 318 g/mol. The van der Waals surface area contributed by atoms with E-state index in [-0.39, 0.29) is 6.10 Å². The molecular formula is C19H26O4. The molecule has 0 N–H and O–H groups in total. The Labute approximate surface area is 138 Å². The highest BCUT2D eigenvalue weighted by Gasteiger charge is 2.30. The third-order valence-corrected chi connectivity index (χ3v) is 4.38. The van der Waals surface area contributed by atoms with Gasteiger partial charge in [0, 0.05) is 21.3 Å². The molecule has 0 saturated carbocycles. The fourth-order valence-corrected chi connectivity index (χ4v) is 2.87. The van der Waals surface area contributed by atoms with E-state index < -0.39 is 5.79 Å². The van der Waals surface area contributed by atoms with Crippen molar-refractivity contribution in [3.8, 4) is 5.75 Å². The SMILES string of the molecule is COc1ccc(CCC2=CC(OC)(OC)C=CC2OC)c(C)c1. The summed E-state index contributed by atoms with van der Waals surface area (Å²) in [6.07, 6.45) is 7.67. The highest BCUT2D eigenvalue weighted by Crippen LogP contribution is 2.29. The van der Waals surface area contributed by atoms with E-state index in [0.717, 1.165) is 24.2 Å². The summed E-state index contributed by atoms with van der Waals surface area (Å²) in [7, 11) is 6.69. The van der Waals surface area contributed by atoms with Crippen LogP contribution in [0.25, 0.3) is 0 Å². The van der Waals surface area contributed by atoms with Crippen molar-refractivity contribution in [2.45, 2.75) is 31.7 Å². The molecule has 4 nitrogen and oxygen atoms in total. The van der Waals surface area contributed by atoms with E-state index in [4.69, 9.17) is 18.9 Å². The second-order valence-electron chi connectivity index (χ2n) is 5.66. The minimum Gasteiger partial charge on any atom is -0.497 e. The van der Waals surface area contributed by atoms with Crippen molar-refractivity contribution in [3.63, 3.8) is 0 Å². The van der Waals surface area contributed by atoms with Crippen LogP contribution in [0.5, 0.6) is 5.75 Å². The molecule has 0 amide bonds. The molecule has 1 aliphatic carbocycles. The second kappa shape index (κ2) is 7.77. The first-order chi connectivity index (χ1) is 11.1. The second-order valence-corrected chi connectivity index (χ2v) is 5.66. The first kappa shape index (κ1) is 17.7. The summed E-state index contributed by atoms with van der Waals surface area (Å²) in [5.41, 5.74) is 3.69. The van der Waals surface area contributed by atoms with Crippen molar-refractivity contribution in [2.75, 3.05) is 28.4 Å². The van der Waals surface area contributed by atoms with Crippen LogP contribution in [0.4, 0.5) is 0 Å². The maximum atomic E-state index is 5.56. The Hall–Kier alpha value is -1.62. The van der Waals surface area contributed by atoms with Gasteiger partial charge in [-0.1, -0.05) is 12.1 Å². The number of hydrogen-bond acceptors (Lipinski definition) is 4. The number of aryl methyl sites for hydroxylation is 2. The Bertz CT molecular complexity index is 585. The summed E-state index contributed by atoms with van der Waals surface area (Å²) >= 11 is 0. The lowest BCUT2D eigenvalue weighted by Crippen LogP contribution is -2.34. The number of ether oxygens (including phenoxy) is 4. The van der Waals surface area contributed by atoms with Gasteiger partial charge in [-0.05, 0) is 60.8 Å². The fourth-order valence-electron chi connectivity index (χ4n) is 2.87. The van der Waals surface area contributed by atoms with E-state index in [9.17, 15) is 0 Å². The largest absolute Gasteiger partial charge is 0.497 e. The quantitative estimate of drug-likeness (QED) is 0.570. The Kier molecular flexibility index (Phi) is 5.99. The van der Waals surface area contributed by atoms with Crippen molar-refractivity contribution in [3.05, 3.63) is 53.1 Å². The molecule has 0 aliphatic heterocycles. The van der Waals surface area contributed by atoms with Gasteiger partial charge < -0.3 is 18.9 Å². The van der Waals surface area contributed by atoms with Gasteiger partial charge in [-0.15, -0.1) is 0 Å². The molecule has 0 heterocycles. The van der Waals surface area contributed by atoms with Crippen LogP contribution in [-0.4, -0.2) is 40.3 Å². The summed E-state index contributed by atoms with van der Waals surface area (Å²) in [5.74, 6) is 0.0953. The molecule has 0 radical (unpaired) electrons. The summed E-state index contributed by atoms with van der Waals surface area (Å²) in [4.78, 5) is 0. The Balaban J connectivity index is 2.15. The summed E-state index contributed by atoms with van der Waals surface area (Å²) in [6.45, 7) is 2.11. The summed E-state index contributed by atoms with van der Waals surface area (Å²) in [6, 6.07) is 6.18. The van der Waals surface area contributed by atoms with Crippen LogP contribution in [0.1, 0.15) is 17.5 Å². The van der Waals surface area contributed by atoms with Crippen LogP contribution in [0.15, 0.2) is 42.0 Å². The lowest BCUT2D eigenvalue weighted by Gasteiger charge is -2.31. The van der Waals surface area contributed by atoms with Gasteiger partial charge in [-0.3, -0.25) is 0 Å². The first-order valence-corrected chi connectivity index (χ1v) is 7.75. The van der Waals surface area contributed by atoms with Gasteiger partial charge in [-0.25, -0.2) is 0 Å². The summed E-state index contributed by atoms with van der Waals surface area (Å²) in [5, 5.41) is 0. The van der Waals surface area contributed by atoms with E-state index in [1.807, 2.05) is 24.3 Å². The van der Waals surface area contributed by atoms with Crippen molar-refractivity contribution in [1.29, 1.82) is 0 Å². The number of hydrogen-bond donors (Lipinski definition) is 0. The zero-order valence-electron chi connectivity index (χ0n) is 14.6. The topological polar surface area (TPSA) is 36.9 Å². The smallest absolute Gasteiger partial charge is 0.207 e. The van der Waals surface area contributed by atoms with E-state index in [1.54, 1.807) is 28.4 Å². The van der Waals surface area contributed by atoms with Crippen LogP contribution in [0.3, 0.4) is 0 Å². The average Bonchev–Trinajstić information content (AvgIpc) is 2.60. The van der Waals surface area contributed by atoms with E-state index in [1.165, 1.54) is 11.1 Å². The van der Waals surface area contributed by atoms with Gasteiger partial charge in [0.25, 0.3) is 0 Å². The molecule has 1 aliphatic rings. The molecule has 1 atom stereocenters. The zero-order chi connectivity index (χ0) is 16.9. The number of rotatable bonds is 7. The van der Waals surface area contributed by atoms with Crippen LogP contribution in [0.2, 0.25) is 0 Å². The molecule has 4 heteroatoms. The molecule has 0 fully saturated rings. The third kappa shape index (κ3) is 4.02. The van der Waals surface area contributed by atoms with Crippen molar-refractivity contribution >= 4 is 0 Å². The maximum Gasteiger partial charge on any atom is 0.207 e. The Morgan fingerprint density at radius 3 is 2.35 bits per heavy atom. The highest BCUT2D eigenvalue weighted by molar-refractivity contribution is 5.36. The van der Waals surface area contributed by atoms with Gasteiger partial charge in [0.2, 0.25) is 5.79 Å². The van der Waals surface area contributed by atoms with Crippen molar-refractivity contribution < 1.29 is 18.9 Å². The molecule has 0 aromatic heterocycles. The fraction of sp³-hybridized carbons (Fsp3) is 0.474. The number of methoxy groups -OCH3 is 4. The zero-order valence-corrected chi connectivity index (χ0v) is 14.6. The van der Waals surface area contributed by atoms with Gasteiger partial charge in [-0.2, -0.15) is 0 Å². The van der Waals surface area contributed by atoms with Crippen LogP contribution >= 0.6 is 0 Å². The van der Waals surface area contributed by atoms with Crippen molar-refractivity contribution in [2.24, 2.45) is 0 Å². The molecule has 1 aromatic rings. The lowest BCUT2D eigenvalue weighted by atomic mass is 9.92. The molecule has 2 rings (SSSR count). The average molecular weight is 318 g/mol. The Morgan fingerprint density at radius 1 is 1.04 bits per heavy atom. The molecule has 0 saturated heterocycles. The van der Waals surface area contributed by atoms with Crippen molar-refractivity contribution in [1.82, 2.24) is 0 Å².